The van der Waals surface area contributed by atoms with Crippen LogP contribution >= 0.6 is 0 Å². The zero-order chi connectivity index (χ0) is 16.0. The van der Waals surface area contributed by atoms with Crippen LogP contribution in [0.1, 0.15) is 38.9 Å². The molecular weight excluding hydrogens is 279 g/mol. The first-order chi connectivity index (χ1) is 9.76. The second-order valence-electron chi connectivity index (χ2n) is 5.68. The SMILES string of the molecule is CCCN(CC(F)(F)F)C(C(C)C)C(O)c1ccccc1. The minimum Gasteiger partial charge on any atom is -0.387 e. The monoisotopic (exact) mass is 303 g/mol. The van der Waals surface area contributed by atoms with Crippen molar-refractivity contribution < 1.29 is 18.3 Å². The number of halogens is 3. The van der Waals surface area contributed by atoms with Gasteiger partial charge in [-0.1, -0.05) is 51.1 Å². The molecule has 0 heterocycles. The van der Waals surface area contributed by atoms with E-state index in [1.165, 1.54) is 4.90 Å². The number of aliphatic hydroxyl groups is 1. The molecule has 0 aliphatic heterocycles. The Hall–Kier alpha value is -1.07. The van der Waals surface area contributed by atoms with Gasteiger partial charge in [-0.3, -0.25) is 4.90 Å². The van der Waals surface area contributed by atoms with Gasteiger partial charge >= 0.3 is 6.18 Å². The van der Waals surface area contributed by atoms with Gasteiger partial charge in [0.2, 0.25) is 0 Å². The minimum absolute atomic E-state index is 0.0888. The van der Waals surface area contributed by atoms with Crippen LogP contribution in [0.3, 0.4) is 0 Å². The van der Waals surface area contributed by atoms with E-state index < -0.39 is 24.9 Å². The molecule has 5 heteroatoms. The number of hydrogen-bond acceptors (Lipinski definition) is 2. The largest absolute Gasteiger partial charge is 0.401 e. The first-order valence-corrected chi connectivity index (χ1v) is 7.30. The van der Waals surface area contributed by atoms with E-state index in [1.54, 1.807) is 24.3 Å². The van der Waals surface area contributed by atoms with Crippen molar-refractivity contribution in [2.24, 2.45) is 5.92 Å². The molecule has 0 saturated carbocycles. The fraction of sp³-hybridized carbons (Fsp3) is 0.625. The zero-order valence-corrected chi connectivity index (χ0v) is 12.8. The molecule has 120 valence electrons. The highest BCUT2D eigenvalue weighted by Crippen LogP contribution is 2.29. The van der Waals surface area contributed by atoms with Crippen molar-refractivity contribution in [3.63, 3.8) is 0 Å². The van der Waals surface area contributed by atoms with Gasteiger partial charge in [-0.05, 0) is 24.4 Å². The van der Waals surface area contributed by atoms with E-state index in [9.17, 15) is 18.3 Å². The Balaban J connectivity index is 3.01. The Bertz CT molecular complexity index is 406. The zero-order valence-electron chi connectivity index (χ0n) is 12.8. The maximum Gasteiger partial charge on any atom is 0.401 e. The highest BCUT2D eigenvalue weighted by Gasteiger charge is 2.37. The van der Waals surface area contributed by atoms with Crippen LogP contribution in [-0.4, -0.2) is 35.3 Å². The third kappa shape index (κ3) is 5.67. The smallest absolute Gasteiger partial charge is 0.387 e. The van der Waals surface area contributed by atoms with E-state index in [0.29, 0.717) is 18.5 Å². The van der Waals surface area contributed by atoms with Crippen molar-refractivity contribution in [2.75, 3.05) is 13.1 Å². The molecule has 0 saturated heterocycles. The lowest BCUT2D eigenvalue weighted by molar-refractivity contribution is -0.158. The molecule has 0 spiro atoms. The molecule has 0 fully saturated rings. The van der Waals surface area contributed by atoms with Crippen LogP contribution in [0.15, 0.2) is 30.3 Å². The summed E-state index contributed by atoms with van der Waals surface area (Å²) < 4.78 is 38.4. The average molecular weight is 303 g/mol. The molecule has 1 rings (SSSR count). The number of rotatable bonds is 7. The Morgan fingerprint density at radius 1 is 1.14 bits per heavy atom. The quantitative estimate of drug-likeness (QED) is 0.822. The minimum atomic E-state index is -4.27. The van der Waals surface area contributed by atoms with E-state index in [-0.39, 0.29) is 5.92 Å². The van der Waals surface area contributed by atoms with Gasteiger partial charge in [0.1, 0.15) is 0 Å². The number of aliphatic hydroxyl groups excluding tert-OH is 1. The average Bonchev–Trinajstić information content (AvgIpc) is 2.37. The van der Waals surface area contributed by atoms with Crippen LogP contribution in [0.2, 0.25) is 0 Å². The van der Waals surface area contributed by atoms with Crippen LogP contribution in [0.25, 0.3) is 0 Å². The fourth-order valence-electron chi connectivity index (χ4n) is 2.68. The van der Waals surface area contributed by atoms with Gasteiger partial charge in [-0.2, -0.15) is 13.2 Å². The molecule has 0 bridgehead atoms. The molecule has 2 nitrogen and oxygen atoms in total. The molecule has 0 amide bonds. The third-order valence-corrected chi connectivity index (χ3v) is 3.46. The van der Waals surface area contributed by atoms with Crippen LogP contribution in [0.4, 0.5) is 13.2 Å². The summed E-state index contributed by atoms with van der Waals surface area (Å²) in [6, 6.07) is 8.32. The topological polar surface area (TPSA) is 23.5 Å². The summed E-state index contributed by atoms with van der Waals surface area (Å²) in [7, 11) is 0. The van der Waals surface area contributed by atoms with Gasteiger partial charge in [-0.15, -0.1) is 0 Å². The van der Waals surface area contributed by atoms with E-state index >= 15 is 0 Å². The van der Waals surface area contributed by atoms with Crippen molar-refractivity contribution >= 4 is 0 Å². The third-order valence-electron chi connectivity index (χ3n) is 3.46. The van der Waals surface area contributed by atoms with Crippen molar-refractivity contribution in [1.29, 1.82) is 0 Å². The summed E-state index contributed by atoms with van der Waals surface area (Å²) in [5.41, 5.74) is 0.652. The molecular formula is C16H24F3NO. The van der Waals surface area contributed by atoms with Gasteiger partial charge in [0.15, 0.2) is 0 Å². The first kappa shape index (κ1) is 18.0. The predicted octanol–water partition coefficient (Wildman–Crippen LogP) is 4.02. The molecule has 2 atom stereocenters. The van der Waals surface area contributed by atoms with Gasteiger partial charge in [0, 0.05) is 6.04 Å². The second kappa shape index (κ2) is 7.80. The molecule has 1 aromatic carbocycles. The van der Waals surface area contributed by atoms with Crippen molar-refractivity contribution in [3.05, 3.63) is 35.9 Å². The van der Waals surface area contributed by atoms with Crippen LogP contribution in [-0.2, 0) is 0 Å². The van der Waals surface area contributed by atoms with E-state index in [0.717, 1.165) is 0 Å². The predicted molar refractivity (Wildman–Crippen MR) is 77.9 cm³/mol. The van der Waals surface area contributed by atoms with Crippen molar-refractivity contribution in [3.8, 4) is 0 Å². The fourth-order valence-corrected chi connectivity index (χ4v) is 2.68. The van der Waals surface area contributed by atoms with Crippen molar-refractivity contribution in [2.45, 2.75) is 45.5 Å². The van der Waals surface area contributed by atoms with Crippen molar-refractivity contribution in [1.82, 2.24) is 4.90 Å². The van der Waals surface area contributed by atoms with Crippen LogP contribution in [0.5, 0.6) is 0 Å². The Morgan fingerprint density at radius 3 is 2.14 bits per heavy atom. The molecule has 0 aliphatic rings. The summed E-state index contributed by atoms with van der Waals surface area (Å²) in [5.74, 6) is -0.0888. The summed E-state index contributed by atoms with van der Waals surface area (Å²) in [6.45, 7) is 4.85. The number of benzene rings is 1. The lowest BCUT2D eigenvalue weighted by Gasteiger charge is -2.38. The highest BCUT2D eigenvalue weighted by atomic mass is 19.4. The van der Waals surface area contributed by atoms with E-state index in [2.05, 4.69) is 0 Å². The van der Waals surface area contributed by atoms with Gasteiger partial charge in [0.25, 0.3) is 0 Å². The molecule has 21 heavy (non-hydrogen) atoms. The summed E-state index contributed by atoms with van der Waals surface area (Å²) >= 11 is 0. The first-order valence-electron chi connectivity index (χ1n) is 7.30. The molecule has 0 radical (unpaired) electrons. The van der Waals surface area contributed by atoms with Crippen LogP contribution < -0.4 is 0 Å². The second-order valence-corrected chi connectivity index (χ2v) is 5.68. The Morgan fingerprint density at radius 2 is 1.71 bits per heavy atom. The van der Waals surface area contributed by atoms with Gasteiger partial charge < -0.3 is 5.11 Å². The molecule has 1 N–H and O–H groups in total. The standard InChI is InChI=1S/C16H24F3NO/c1-4-10-20(11-16(17,18)19)14(12(2)3)15(21)13-8-6-5-7-9-13/h5-9,12,14-15,21H,4,10-11H2,1-3H3. The Kier molecular flexibility index (Phi) is 6.68. The maximum absolute atomic E-state index is 12.8. The van der Waals surface area contributed by atoms with E-state index in [1.807, 2.05) is 26.8 Å². The number of nitrogens with zero attached hydrogens (tertiary/aromatic N) is 1. The molecule has 2 unspecified atom stereocenters. The number of hydrogen-bond donors (Lipinski definition) is 1. The lowest BCUT2D eigenvalue weighted by Crippen LogP contribution is -2.47. The van der Waals surface area contributed by atoms with E-state index in [4.69, 9.17) is 0 Å². The highest BCUT2D eigenvalue weighted by molar-refractivity contribution is 5.19. The Labute approximate surface area is 124 Å². The van der Waals surface area contributed by atoms with Gasteiger partial charge in [-0.25, -0.2) is 0 Å². The summed E-state index contributed by atoms with van der Waals surface area (Å²) in [6.07, 6.45) is -4.58. The number of alkyl halides is 3. The van der Waals surface area contributed by atoms with Gasteiger partial charge in [0.05, 0.1) is 12.6 Å². The summed E-state index contributed by atoms with van der Waals surface area (Å²) in [5, 5.41) is 10.5. The lowest BCUT2D eigenvalue weighted by atomic mass is 9.91. The maximum atomic E-state index is 12.8. The molecule has 0 aliphatic carbocycles. The van der Waals surface area contributed by atoms with Crippen LogP contribution in [0, 0.1) is 5.92 Å². The molecule has 0 aromatic heterocycles. The molecule has 1 aromatic rings. The normalized spacial score (nSPS) is 15.5. The summed E-state index contributed by atoms with van der Waals surface area (Å²) in [4.78, 5) is 1.35.